The molecule has 7 nitrogen and oxygen atoms in total. The first-order valence-corrected chi connectivity index (χ1v) is 7.95. The summed E-state index contributed by atoms with van der Waals surface area (Å²) in [7, 11) is 0. The van der Waals surface area contributed by atoms with Crippen LogP contribution in [0, 0.1) is 0 Å². The summed E-state index contributed by atoms with van der Waals surface area (Å²) < 4.78 is 7.46. The highest BCUT2D eigenvalue weighted by Gasteiger charge is 2.30. The van der Waals surface area contributed by atoms with Gasteiger partial charge in [-0.15, -0.1) is 16.4 Å². The lowest BCUT2D eigenvalue weighted by Crippen LogP contribution is -2.31. The zero-order valence-electron chi connectivity index (χ0n) is 12.6. The molecule has 0 bridgehead atoms. The molecule has 0 atom stereocenters. The molecule has 0 saturated carbocycles. The molecule has 0 amide bonds. The Kier molecular flexibility index (Phi) is 3.00. The SMILES string of the molecule is CC1(C)Cc2c(sc3ncn4nc(/C=C\C(=O)O)nc4c23)CO1. The molecule has 0 fully saturated rings. The van der Waals surface area contributed by atoms with E-state index in [0.29, 0.717) is 18.1 Å². The Labute approximate surface area is 135 Å². The van der Waals surface area contributed by atoms with Crippen LogP contribution < -0.4 is 0 Å². The Hall–Kier alpha value is -2.32. The normalized spacial score (nSPS) is 17.1. The van der Waals surface area contributed by atoms with Crippen molar-refractivity contribution in [2.45, 2.75) is 32.5 Å². The van der Waals surface area contributed by atoms with Crippen LogP contribution in [-0.4, -0.2) is 36.3 Å². The van der Waals surface area contributed by atoms with E-state index in [-0.39, 0.29) is 5.60 Å². The standard InChI is InChI=1S/C15H14N4O3S/c1-15(2)5-8-9(6-22-15)23-14-12(8)13-17-10(3-4-11(20)21)18-19(13)7-16-14/h3-4,7H,5-6H2,1-2H3,(H,20,21)/b4-3-. The number of aliphatic carboxylic acids is 1. The Bertz CT molecular complexity index is 970. The summed E-state index contributed by atoms with van der Waals surface area (Å²) >= 11 is 1.61. The largest absolute Gasteiger partial charge is 0.478 e. The topological polar surface area (TPSA) is 89.6 Å². The van der Waals surface area contributed by atoms with Crippen LogP contribution in [0.25, 0.3) is 21.9 Å². The summed E-state index contributed by atoms with van der Waals surface area (Å²) in [5.41, 5.74) is 1.69. The van der Waals surface area contributed by atoms with Gasteiger partial charge in [-0.05, 0) is 25.5 Å². The lowest BCUT2D eigenvalue weighted by atomic mass is 9.94. The van der Waals surface area contributed by atoms with Crippen LogP contribution in [0.1, 0.15) is 30.1 Å². The Morgan fingerprint density at radius 2 is 2.35 bits per heavy atom. The average molecular weight is 330 g/mol. The van der Waals surface area contributed by atoms with Crippen molar-refractivity contribution in [3.63, 3.8) is 0 Å². The molecule has 0 aromatic carbocycles. The minimum Gasteiger partial charge on any atom is -0.478 e. The molecule has 4 heterocycles. The Balaban J connectivity index is 1.94. The smallest absolute Gasteiger partial charge is 0.328 e. The molecular formula is C15H14N4O3S. The predicted octanol–water partition coefficient (Wildman–Crippen LogP) is 2.29. The third-order valence-electron chi connectivity index (χ3n) is 3.80. The molecule has 1 aliphatic rings. The Morgan fingerprint density at radius 3 is 3.13 bits per heavy atom. The lowest BCUT2D eigenvalue weighted by molar-refractivity contribution is -0.131. The molecular weight excluding hydrogens is 316 g/mol. The number of thiophene rings is 1. The molecule has 1 N–H and O–H groups in total. The van der Waals surface area contributed by atoms with Crippen molar-refractivity contribution in [1.82, 2.24) is 19.6 Å². The summed E-state index contributed by atoms with van der Waals surface area (Å²) in [6.45, 7) is 4.71. The number of carboxylic acids is 1. The monoisotopic (exact) mass is 330 g/mol. The van der Waals surface area contributed by atoms with E-state index >= 15 is 0 Å². The van der Waals surface area contributed by atoms with Gasteiger partial charge in [0.1, 0.15) is 11.2 Å². The van der Waals surface area contributed by atoms with Gasteiger partial charge >= 0.3 is 5.97 Å². The first-order chi connectivity index (χ1) is 10.9. The molecule has 0 saturated heterocycles. The van der Waals surface area contributed by atoms with Gasteiger partial charge in [0.2, 0.25) is 0 Å². The van der Waals surface area contributed by atoms with Crippen molar-refractivity contribution in [3.8, 4) is 0 Å². The number of nitrogens with zero attached hydrogens (tertiary/aromatic N) is 4. The second kappa shape index (κ2) is 4.84. The van der Waals surface area contributed by atoms with Crippen LogP contribution in [0.3, 0.4) is 0 Å². The average Bonchev–Trinajstić information content (AvgIpc) is 3.03. The number of fused-ring (bicyclic) bond motifs is 5. The molecule has 0 unspecified atom stereocenters. The van der Waals surface area contributed by atoms with Gasteiger partial charge in [-0.1, -0.05) is 0 Å². The molecule has 23 heavy (non-hydrogen) atoms. The molecule has 0 radical (unpaired) electrons. The number of hydrogen-bond acceptors (Lipinski definition) is 6. The number of aromatic nitrogens is 4. The maximum absolute atomic E-state index is 10.6. The van der Waals surface area contributed by atoms with Gasteiger partial charge in [0.15, 0.2) is 11.5 Å². The van der Waals surface area contributed by atoms with E-state index in [2.05, 4.69) is 28.9 Å². The van der Waals surface area contributed by atoms with Crippen LogP contribution in [0.2, 0.25) is 0 Å². The third kappa shape index (κ3) is 2.40. The maximum atomic E-state index is 10.6. The quantitative estimate of drug-likeness (QED) is 0.725. The van der Waals surface area contributed by atoms with Gasteiger partial charge in [0.25, 0.3) is 0 Å². The fraction of sp³-hybridized carbons (Fsp3) is 0.333. The molecule has 1 aliphatic heterocycles. The summed E-state index contributed by atoms with van der Waals surface area (Å²) in [6.07, 6.45) is 4.81. The van der Waals surface area contributed by atoms with Gasteiger partial charge < -0.3 is 9.84 Å². The summed E-state index contributed by atoms with van der Waals surface area (Å²) in [5, 5.41) is 14.0. The number of carboxylic acid groups (broad SMARTS) is 1. The summed E-state index contributed by atoms with van der Waals surface area (Å²) in [4.78, 5) is 21.6. The third-order valence-corrected chi connectivity index (χ3v) is 4.91. The molecule has 0 aliphatic carbocycles. The van der Waals surface area contributed by atoms with Gasteiger partial charge in [0, 0.05) is 17.4 Å². The highest BCUT2D eigenvalue weighted by molar-refractivity contribution is 7.19. The Morgan fingerprint density at radius 1 is 1.52 bits per heavy atom. The van der Waals surface area contributed by atoms with Gasteiger partial charge in [-0.2, -0.15) is 0 Å². The van der Waals surface area contributed by atoms with Crippen LogP contribution >= 0.6 is 11.3 Å². The van der Waals surface area contributed by atoms with E-state index in [1.807, 2.05) is 0 Å². The zero-order valence-corrected chi connectivity index (χ0v) is 13.4. The van der Waals surface area contributed by atoms with Crippen molar-refractivity contribution in [1.29, 1.82) is 0 Å². The highest BCUT2D eigenvalue weighted by atomic mass is 32.1. The van der Waals surface area contributed by atoms with Gasteiger partial charge in [-0.25, -0.2) is 19.3 Å². The lowest BCUT2D eigenvalue weighted by Gasteiger charge is -2.30. The minimum atomic E-state index is -1.03. The van der Waals surface area contributed by atoms with E-state index in [0.717, 1.165) is 22.7 Å². The van der Waals surface area contributed by atoms with Gasteiger partial charge in [0.05, 0.1) is 17.6 Å². The van der Waals surface area contributed by atoms with Crippen molar-refractivity contribution < 1.29 is 14.6 Å². The molecule has 118 valence electrons. The molecule has 0 spiro atoms. The molecule has 8 heteroatoms. The van der Waals surface area contributed by atoms with Crippen molar-refractivity contribution in [2.75, 3.05) is 0 Å². The predicted molar refractivity (Wildman–Crippen MR) is 85.4 cm³/mol. The first kappa shape index (κ1) is 14.3. The van der Waals surface area contributed by atoms with Gasteiger partial charge in [-0.3, -0.25) is 0 Å². The highest BCUT2D eigenvalue weighted by Crippen LogP contribution is 2.39. The fourth-order valence-corrected chi connectivity index (χ4v) is 3.84. The number of carbonyl (C=O) groups is 1. The van der Waals surface area contributed by atoms with E-state index in [1.165, 1.54) is 16.5 Å². The van der Waals surface area contributed by atoms with E-state index in [9.17, 15) is 4.79 Å². The van der Waals surface area contributed by atoms with Crippen molar-refractivity contribution in [2.24, 2.45) is 0 Å². The second-order valence-corrected chi connectivity index (χ2v) is 7.15. The van der Waals surface area contributed by atoms with E-state index < -0.39 is 5.97 Å². The van der Waals surface area contributed by atoms with Crippen molar-refractivity contribution in [3.05, 3.63) is 28.7 Å². The molecule has 3 aromatic rings. The van der Waals surface area contributed by atoms with E-state index in [4.69, 9.17) is 9.84 Å². The van der Waals surface area contributed by atoms with E-state index in [1.54, 1.807) is 22.2 Å². The second-order valence-electron chi connectivity index (χ2n) is 6.06. The molecule has 4 rings (SSSR count). The zero-order chi connectivity index (χ0) is 16.2. The van der Waals surface area contributed by atoms with Crippen molar-refractivity contribution >= 4 is 39.2 Å². The summed E-state index contributed by atoms with van der Waals surface area (Å²) in [6, 6.07) is 0. The number of rotatable bonds is 2. The number of hydrogen-bond donors (Lipinski definition) is 1. The first-order valence-electron chi connectivity index (χ1n) is 7.13. The summed E-state index contributed by atoms with van der Waals surface area (Å²) in [5.74, 6) is -0.674. The maximum Gasteiger partial charge on any atom is 0.328 e. The van der Waals surface area contributed by atoms with Crippen LogP contribution in [-0.2, 0) is 22.6 Å². The minimum absolute atomic E-state index is 0.222. The van der Waals surface area contributed by atoms with Crippen LogP contribution in [0.15, 0.2) is 12.4 Å². The fourth-order valence-electron chi connectivity index (χ4n) is 2.77. The van der Waals surface area contributed by atoms with Crippen LogP contribution in [0.4, 0.5) is 0 Å². The van der Waals surface area contributed by atoms with Crippen LogP contribution in [0.5, 0.6) is 0 Å². The molecule has 3 aromatic heterocycles. The number of ether oxygens (including phenoxy) is 1.